The van der Waals surface area contributed by atoms with Crippen LogP contribution in [0.2, 0.25) is 0 Å². The van der Waals surface area contributed by atoms with Crippen LogP contribution in [0.25, 0.3) is 0 Å². The Kier molecular flexibility index (Phi) is 6.23. The van der Waals surface area contributed by atoms with Gasteiger partial charge in [0.15, 0.2) is 0 Å². The molecule has 1 aliphatic heterocycles. The Morgan fingerprint density at radius 1 is 1.32 bits per heavy atom. The number of nitrogens with one attached hydrogen (secondary N) is 1. The molecule has 1 unspecified atom stereocenters. The minimum atomic E-state index is -3.19. The summed E-state index contributed by atoms with van der Waals surface area (Å²) in [5.41, 5.74) is 0.0133. The molecule has 0 aliphatic carbocycles. The molecule has 1 heterocycles. The van der Waals surface area contributed by atoms with Crippen molar-refractivity contribution in [2.24, 2.45) is 0 Å². The number of sulfonamides is 1. The Bertz CT molecular complexity index is 363. The minimum absolute atomic E-state index is 0.0133. The summed E-state index contributed by atoms with van der Waals surface area (Å²) in [5.74, 6) is 0.0789. The lowest BCUT2D eigenvalue weighted by atomic mass is 10.0. The zero-order valence-corrected chi connectivity index (χ0v) is 13.4. The summed E-state index contributed by atoms with van der Waals surface area (Å²) < 4.78 is 31.2. The molecule has 1 aliphatic rings. The Balaban J connectivity index is 2.66. The maximum Gasteiger partial charge on any atom is 0.216 e. The monoisotopic (exact) mass is 292 g/mol. The molecule has 1 rings (SSSR count). The van der Waals surface area contributed by atoms with Crippen LogP contribution < -0.4 is 5.32 Å². The molecule has 19 heavy (non-hydrogen) atoms. The van der Waals surface area contributed by atoms with Crippen molar-refractivity contribution in [3.63, 3.8) is 0 Å². The molecule has 1 fully saturated rings. The van der Waals surface area contributed by atoms with Crippen molar-refractivity contribution in [1.29, 1.82) is 0 Å². The predicted molar refractivity (Wildman–Crippen MR) is 77.8 cm³/mol. The van der Waals surface area contributed by atoms with Gasteiger partial charge in [-0.2, -0.15) is 4.31 Å². The van der Waals surface area contributed by atoms with E-state index in [0.717, 1.165) is 25.8 Å². The molecule has 114 valence electrons. The highest BCUT2D eigenvalue weighted by Gasteiger charge is 2.32. The molecular formula is C13H28N2O3S. The van der Waals surface area contributed by atoms with Crippen molar-refractivity contribution < 1.29 is 13.2 Å². The van der Waals surface area contributed by atoms with Crippen molar-refractivity contribution >= 4 is 10.0 Å². The van der Waals surface area contributed by atoms with Gasteiger partial charge in [0.1, 0.15) is 0 Å². The third-order valence-corrected chi connectivity index (χ3v) is 5.22. The van der Waals surface area contributed by atoms with E-state index in [2.05, 4.69) is 26.1 Å². The van der Waals surface area contributed by atoms with Gasteiger partial charge in [-0.05, 0) is 33.6 Å². The third-order valence-electron chi connectivity index (χ3n) is 3.34. The highest BCUT2D eigenvalue weighted by molar-refractivity contribution is 7.89. The van der Waals surface area contributed by atoms with Crippen LogP contribution in [0, 0.1) is 0 Å². The van der Waals surface area contributed by atoms with E-state index in [9.17, 15) is 8.42 Å². The van der Waals surface area contributed by atoms with Crippen molar-refractivity contribution in [1.82, 2.24) is 9.62 Å². The van der Waals surface area contributed by atoms with Crippen molar-refractivity contribution in [3.8, 4) is 0 Å². The topological polar surface area (TPSA) is 58.6 Å². The molecule has 0 bridgehead atoms. The number of ether oxygens (including phenoxy) is 1. The lowest BCUT2D eigenvalue weighted by Crippen LogP contribution is -2.52. The lowest BCUT2D eigenvalue weighted by Gasteiger charge is -2.36. The molecule has 0 aromatic carbocycles. The summed E-state index contributed by atoms with van der Waals surface area (Å²) in [4.78, 5) is 0. The van der Waals surface area contributed by atoms with Gasteiger partial charge in [0.05, 0.1) is 12.4 Å². The minimum Gasteiger partial charge on any atom is -0.384 e. The standard InChI is InChI=1S/C13H28N2O3S/c1-13(2,3)14-11-12-7-5-6-8-15(12)19(16,17)10-9-18-4/h12,14H,5-11H2,1-4H3. The lowest BCUT2D eigenvalue weighted by molar-refractivity contribution is 0.206. The fraction of sp³-hybridized carbons (Fsp3) is 1.00. The van der Waals surface area contributed by atoms with Gasteiger partial charge in [-0.1, -0.05) is 6.42 Å². The average Bonchev–Trinajstić information content (AvgIpc) is 2.33. The summed E-state index contributed by atoms with van der Waals surface area (Å²) in [5, 5.41) is 3.41. The van der Waals surface area contributed by atoms with E-state index in [1.54, 1.807) is 4.31 Å². The van der Waals surface area contributed by atoms with Crippen LogP contribution in [0.1, 0.15) is 40.0 Å². The van der Waals surface area contributed by atoms with Crippen molar-refractivity contribution in [2.45, 2.75) is 51.6 Å². The first kappa shape index (κ1) is 16.9. The Morgan fingerprint density at radius 3 is 2.58 bits per heavy atom. The SMILES string of the molecule is COCCS(=O)(=O)N1CCCCC1CNC(C)(C)C. The second-order valence-electron chi connectivity index (χ2n) is 6.20. The molecule has 1 saturated heterocycles. The van der Waals surface area contributed by atoms with Gasteiger partial charge in [0.2, 0.25) is 10.0 Å². The van der Waals surface area contributed by atoms with Gasteiger partial charge in [0, 0.05) is 31.8 Å². The van der Waals surface area contributed by atoms with E-state index in [1.165, 1.54) is 7.11 Å². The fourth-order valence-electron chi connectivity index (χ4n) is 2.27. The quantitative estimate of drug-likeness (QED) is 0.799. The number of piperidine rings is 1. The van der Waals surface area contributed by atoms with Gasteiger partial charge < -0.3 is 10.1 Å². The molecule has 0 radical (unpaired) electrons. The molecule has 1 N–H and O–H groups in total. The third kappa shape index (κ3) is 5.77. The molecule has 0 saturated carbocycles. The van der Waals surface area contributed by atoms with E-state index < -0.39 is 10.0 Å². The number of methoxy groups -OCH3 is 1. The maximum absolute atomic E-state index is 12.3. The molecule has 1 atom stereocenters. The second-order valence-corrected chi connectivity index (χ2v) is 8.24. The van der Waals surface area contributed by atoms with E-state index in [1.807, 2.05) is 0 Å². The van der Waals surface area contributed by atoms with Gasteiger partial charge in [-0.15, -0.1) is 0 Å². The second kappa shape index (κ2) is 7.02. The first-order valence-electron chi connectivity index (χ1n) is 7.00. The van der Waals surface area contributed by atoms with Crippen LogP contribution in [0.3, 0.4) is 0 Å². The van der Waals surface area contributed by atoms with E-state index >= 15 is 0 Å². The molecule has 0 amide bonds. The van der Waals surface area contributed by atoms with Crippen LogP contribution >= 0.6 is 0 Å². The highest BCUT2D eigenvalue weighted by atomic mass is 32.2. The molecule has 6 heteroatoms. The summed E-state index contributed by atoms with van der Waals surface area (Å²) in [7, 11) is -1.66. The highest BCUT2D eigenvalue weighted by Crippen LogP contribution is 2.21. The smallest absolute Gasteiger partial charge is 0.216 e. The predicted octanol–water partition coefficient (Wildman–Crippen LogP) is 1.21. The average molecular weight is 292 g/mol. The molecule has 0 aromatic heterocycles. The first-order valence-corrected chi connectivity index (χ1v) is 8.61. The summed E-state index contributed by atoms with van der Waals surface area (Å²) in [6, 6.07) is 0.0785. The van der Waals surface area contributed by atoms with Gasteiger partial charge >= 0.3 is 0 Å². The largest absolute Gasteiger partial charge is 0.384 e. The number of rotatable bonds is 6. The maximum atomic E-state index is 12.3. The normalized spacial score (nSPS) is 22.6. The van der Waals surface area contributed by atoms with E-state index in [-0.39, 0.29) is 23.9 Å². The Hall–Kier alpha value is -0.170. The zero-order valence-electron chi connectivity index (χ0n) is 12.6. The van der Waals surface area contributed by atoms with Gasteiger partial charge in [0.25, 0.3) is 0 Å². The van der Waals surface area contributed by atoms with Crippen LogP contribution in [-0.2, 0) is 14.8 Å². The van der Waals surface area contributed by atoms with Crippen molar-refractivity contribution in [2.75, 3.05) is 32.6 Å². The number of hydrogen-bond acceptors (Lipinski definition) is 4. The zero-order chi connectivity index (χ0) is 14.5. The van der Waals surface area contributed by atoms with E-state index in [4.69, 9.17) is 4.74 Å². The number of hydrogen-bond donors (Lipinski definition) is 1. The van der Waals surface area contributed by atoms with Crippen LogP contribution in [-0.4, -0.2) is 56.9 Å². The van der Waals surface area contributed by atoms with Gasteiger partial charge in [-0.3, -0.25) is 0 Å². The van der Waals surface area contributed by atoms with Crippen LogP contribution in [0.5, 0.6) is 0 Å². The Morgan fingerprint density at radius 2 is 2.00 bits per heavy atom. The number of nitrogens with zero attached hydrogens (tertiary/aromatic N) is 1. The molecule has 0 spiro atoms. The van der Waals surface area contributed by atoms with Crippen molar-refractivity contribution in [3.05, 3.63) is 0 Å². The Labute approximate surface area is 117 Å². The summed E-state index contributed by atoms with van der Waals surface area (Å²) >= 11 is 0. The fourth-order valence-corrected chi connectivity index (χ4v) is 3.93. The van der Waals surface area contributed by atoms with Gasteiger partial charge in [-0.25, -0.2) is 8.42 Å². The summed E-state index contributed by atoms with van der Waals surface area (Å²) in [6.07, 6.45) is 3.00. The van der Waals surface area contributed by atoms with Crippen LogP contribution in [0.15, 0.2) is 0 Å². The molecular weight excluding hydrogens is 264 g/mol. The van der Waals surface area contributed by atoms with Crippen LogP contribution in [0.4, 0.5) is 0 Å². The molecule has 5 nitrogen and oxygen atoms in total. The van der Waals surface area contributed by atoms with E-state index in [0.29, 0.717) is 6.54 Å². The summed E-state index contributed by atoms with van der Waals surface area (Å²) in [6.45, 7) is 7.91. The molecule has 0 aromatic rings. The first-order chi connectivity index (χ1) is 8.76.